The van der Waals surface area contributed by atoms with Crippen LogP contribution in [0.5, 0.6) is 5.75 Å². The fourth-order valence-corrected chi connectivity index (χ4v) is 1.11. The van der Waals surface area contributed by atoms with Crippen LogP contribution < -0.4 is 16.2 Å². The van der Waals surface area contributed by atoms with E-state index in [9.17, 15) is 0 Å². The van der Waals surface area contributed by atoms with Crippen LogP contribution in [0.2, 0.25) is 0 Å². The van der Waals surface area contributed by atoms with Crippen molar-refractivity contribution in [1.82, 2.24) is 0 Å². The first-order chi connectivity index (χ1) is 5.76. The quantitative estimate of drug-likeness (QED) is 0.652. The highest BCUT2D eigenvalue weighted by atomic mass is 16.5. The van der Waals surface area contributed by atoms with Crippen molar-refractivity contribution in [1.29, 1.82) is 0 Å². The summed E-state index contributed by atoms with van der Waals surface area (Å²) in [6.07, 6.45) is 0.835. The smallest absolute Gasteiger partial charge is 0.121 e. The van der Waals surface area contributed by atoms with Gasteiger partial charge in [0.1, 0.15) is 5.75 Å². The molecule has 0 atom stereocenters. The van der Waals surface area contributed by atoms with Gasteiger partial charge in [-0.15, -0.1) is 0 Å². The minimum Gasteiger partial charge on any atom is -0.497 e. The SMILES string of the molecule is COc1cc(N)cc(CCN)c1. The van der Waals surface area contributed by atoms with Crippen molar-refractivity contribution in [2.24, 2.45) is 5.73 Å². The first-order valence-electron chi connectivity index (χ1n) is 3.89. The van der Waals surface area contributed by atoms with Crippen LogP contribution in [0.3, 0.4) is 0 Å². The summed E-state index contributed by atoms with van der Waals surface area (Å²) < 4.78 is 5.06. The molecule has 12 heavy (non-hydrogen) atoms. The monoisotopic (exact) mass is 166 g/mol. The van der Waals surface area contributed by atoms with Crippen molar-refractivity contribution in [2.75, 3.05) is 19.4 Å². The first kappa shape index (κ1) is 8.87. The molecule has 3 heteroatoms. The van der Waals surface area contributed by atoms with Crippen molar-refractivity contribution < 1.29 is 4.74 Å². The van der Waals surface area contributed by atoms with Gasteiger partial charge in [-0.05, 0) is 30.7 Å². The van der Waals surface area contributed by atoms with E-state index in [2.05, 4.69) is 0 Å². The Morgan fingerprint density at radius 3 is 2.67 bits per heavy atom. The van der Waals surface area contributed by atoms with Gasteiger partial charge in [-0.25, -0.2) is 0 Å². The third-order valence-corrected chi connectivity index (χ3v) is 1.66. The van der Waals surface area contributed by atoms with Crippen molar-refractivity contribution in [2.45, 2.75) is 6.42 Å². The van der Waals surface area contributed by atoms with Gasteiger partial charge in [0.25, 0.3) is 0 Å². The molecule has 0 aliphatic heterocycles. The molecule has 0 unspecified atom stereocenters. The van der Waals surface area contributed by atoms with Gasteiger partial charge in [-0.1, -0.05) is 0 Å². The zero-order valence-electron chi connectivity index (χ0n) is 7.21. The molecule has 1 aromatic carbocycles. The highest BCUT2D eigenvalue weighted by Crippen LogP contribution is 2.18. The Balaban J connectivity index is 2.90. The lowest BCUT2D eigenvalue weighted by Crippen LogP contribution is -2.03. The lowest BCUT2D eigenvalue weighted by molar-refractivity contribution is 0.414. The predicted molar refractivity (Wildman–Crippen MR) is 50.2 cm³/mol. The van der Waals surface area contributed by atoms with Gasteiger partial charge in [-0.2, -0.15) is 0 Å². The summed E-state index contributed by atoms with van der Waals surface area (Å²) in [5, 5.41) is 0. The first-order valence-corrected chi connectivity index (χ1v) is 3.89. The van der Waals surface area contributed by atoms with Crippen LogP contribution in [0, 0.1) is 0 Å². The molecule has 0 heterocycles. The zero-order chi connectivity index (χ0) is 8.97. The molecule has 1 rings (SSSR count). The van der Waals surface area contributed by atoms with E-state index in [1.54, 1.807) is 13.2 Å². The third-order valence-electron chi connectivity index (χ3n) is 1.66. The highest BCUT2D eigenvalue weighted by molar-refractivity contribution is 5.47. The predicted octanol–water partition coefficient (Wildman–Crippen LogP) is 0.779. The number of nitrogens with two attached hydrogens (primary N) is 2. The van der Waals surface area contributed by atoms with Gasteiger partial charge in [-0.3, -0.25) is 0 Å². The second kappa shape index (κ2) is 3.97. The van der Waals surface area contributed by atoms with Gasteiger partial charge < -0.3 is 16.2 Å². The van der Waals surface area contributed by atoms with Crippen molar-refractivity contribution in [3.8, 4) is 5.75 Å². The standard InChI is InChI=1S/C9H14N2O/c1-12-9-5-7(2-3-10)4-8(11)6-9/h4-6H,2-3,10-11H2,1H3. The average Bonchev–Trinajstić information content (AvgIpc) is 2.04. The highest BCUT2D eigenvalue weighted by Gasteiger charge is 1.97. The summed E-state index contributed by atoms with van der Waals surface area (Å²) in [6, 6.07) is 5.65. The van der Waals surface area contributed by atoms with E-state index in [4.69, 9.17) is 16.2 Å². The van der Waals surface area contributed by atoms with Crippen LogP contribution in [-0.2, 0) is 6.42 Å². The summed E-state index contributed by atoms with van der Waals surface area (Å²) in [7, 11) is 1.63. The van der Waals surface area contributed by atoms with E-state index >= 15 is 0 Å². The maximum atomic E-state index is 5.64. The van der Waals surface area contributed by atoms with E-state index in [0.717, 1.165) is 23.4 Å². The summed E-state index contributed by atoms with van der Waals surface area (Å²) in [4.78, 5) is 0. The molecule has 1 aromatic rings. The molecule has 0 aliphatic rings. The summed E-state index contributed by atoms with van der Waals surface area (Å²) in [5.41, 5.74) is 12.9. The van der Waals surface area contributed by atoms with E-state index in [-0.39, 0.29) is 0 Å². The zero-order valence-corrected chi connectivity index (χ0v) is 7.21. The number of anilines is 1. The molecule has 0 radical (unpaired) electrons. The molecule has 0 spiro atoms. The van der Waals surface area contributed by atoms with E-state index in [0.29, 0.717) is 6.54 Å². The summed E-state index contributed by atoms with van der Waals surface area (Å²) in [5.74, 6) is 0.790. The topological polar surface area (TPSA) is 61.3 Å². The maximum Gasteiger partial charge on any atom is 0.121 e. The Kier molecular flexibility index (Phi) is 2.94. The number of benzene rings is 1. The molecule has 0 fully saturated rings. The molecule has 3 nitrogen and oxygen atoms in total. The number of hydrogen-bond acceptors (Lipinski definition) is 3. The minimum atomic E-state index is 0.632. The molecule has 4 N–H and O–H groups in total. The second-order valence-corrected chi connectivity index (χ2v) is 2.65. The number of nitrogen functional groups attached to an aromatic ring is 1. The average molecular weight is 166 g/mol. The van der Waals surface area contributed by atoms with Crippen molar-refractivity contribution in [3.63, 3.8) is 0 Å². The van der Waals surface area contributed by atoms with Gasteiger partial charge in [0.05, 0.1) is 7.11 Å². The van der Waals surface area contributed by atoms with E-state index in [1.165, 1.54) is 0 Å². The number of ether oxygens (including phenoxy) is 1. The van der Waals surface area contributed by atoms with Gasteiger partial charge in [0, 0.05) is 11.8 Å². The summed E-state index contributed by atoms with van der Waals surface area (Å²) in [6.45, 7) is 0.632. The van der Waals surface area contributed by atoms with Gasteiger partial charge in [0.15, 0.2) is 0 Å². The fraction of sp³-hybridized carbons (Fsp3) is 0.333. The Morgan fingerprint density at radius 1 is 1.33 bits per heavy atom. The Morgan fingerprint density at radius 2 is 2.08 bits per heavy atom. The Hall–Kier alpha value is -1.22. The molecule has 0 amide bonds. The molecule has 0 saturated carbocycles. The lowest BCUT2D eigenvalue weighted by atomic mass is 10.1. The Bertz CT molecular complexity index is 261. The van der Waals surface area contributed by atoms with Crippen molar-refractivity contribution in [3.05, 3.63) is 23.8 Å². The van der Waals surface area contributed by atoms with E-state index < -0.39 is 0 Å². The van der Waals surface area contributed by atoms with Gasteiger partial charge >= 0.3 is 0 Å². The van der Waals surface area contributed by atoms with Crippen LogP contribution in [-0.4, -0.2) is 13.7 Å². The molecule has 0 saturated heterocycles. The van der Waals surface area contributed by atoms with Crippen LogP contribution in [0.4, 0.5) is 5.69 Å². The number of rotatable bonds is 3. The third kappa shape index (κ3) is 2.13. The fourth-order valence-electron chi connectivity index (χ4n) is 1.11. The molecule has 0 aliphatic carbocycles. The van der Waals surface area contributed by atoms with Crippen LogP contribution in [0.15, 0.2) is 18.2 Å². The van der Waals surface area contributed by atoms with Crippen LogP contribution in [0.1, 0.15) is 5.56 Å². The maximum absolute atomic E-state index is 5.64. The van der Waals surface area contributed by atoms with Crippen LogP contribution in [0.25, 0.3) is 0 Å². The summed E-state index contributed by atoms with van der Waals surface area (Å²) >= 11 is 0. The lowest BCUT2D eigenvalue weighted by Gasteiger charge is -2.04. The number of hydrogen-bond donors (Lipinski definition) is 2. The molecule has 66 valence electrons. The van der Waals surface area contributed by atoms with Crippen LogP contribution >= 0.6 is 0 Å². The largest absolute Gasteiger partial charge is 0.497 e. The second-order valence-electron chi connectivity index (χ2n) is 2.65. The van der Waals surface area contributed by atoms with Crippen molar-refractivity contribution >= 4 is 5.69 Å². The minimum absolute atomic E-state index is 0.632. The molecule has 0 bridgehead atoms. The number of methoxy groups -OCH3 is 1. The molecular formula is C9H14N2O. The normalized spacial score (nSPS) is 9.83. The van der Waals surface area contributed by atoms with Gasteiger partial charge in [0.2, 0.25) is 0 Å². The molecular weight excluding hydrogens is 152 g/mol. The van der Waals surface area contributed by atoms with E-state index in [1.807, 2.05) is 12.1 Å². The molecule has 0 aromatic heterocycles. The Labute approximate surface area is 72.3 Å².